The van der Waals surface area contributed by atoms with Crippen LogP contribution in [0, 0.1) is 0 Å². The Bertz CT molecular complexity index is 606. The molecule has 1 aliphatic heterocycles. The van der Waals surface area contributed by atoms with Crippen LogP contribution < -0.4 is 4.90 Å². The lowest BCUT2D eigenvalue weighted by atomic mass is 10.1. The minimum Gasteiger partial charge on any atom is -0.354 e. The first-order chi connectivity index (χ1) is 9.67. The number of anilines is 1. The van der Waals surface area contributed by atoms with Gasteiger partial charge in [-0.15, -0.1) is 11.6 Å². The minimum absolute atomic E-state index is 0.531. The van der Waals surface area contributed by atoms with E-state index in [-0.39, 0.29) is 0 Å². The molecule has 2 heterocycles. The number of pyridine rings is 1. The smallest absolute Gasteiger partial charge is 0.129 e. The van der Waals surface area contributed by atoms with E-state index in [1.54, 1.807) is 0 Å². The Morgan fingerprint density at radius 1 is 1.25 bits per heavy atom. The van der Waals surface area contributed by atoms with E-state index in [2.05, 4.69) is 48.7 Å². The van der Waals surface area contributed by atoms with Gasteiger partial charge < -0.3 is 4.90 Å². The molecule has 0 aliphatic carbocycles. The van der Waals surface area contributed by atoms with Crippen molar-refractivity contribution in [3.8, 4) is 0 Å². The molecular weight excluding hydrogens is 288 g/mol. The summed E-state index contributed by atoms with van der Waals surface area (Å²) in [6.07, 6.45) is 0. The van der Waals surface area contributed by atoms with Gasteiger partial charge in [0.1, 0.15) is 5.82 Å². The maximum atomic E-state index is 6.12. The Morgan fingerprint density at radius 2 is 1.95 bits per heavy atom. The largest absolute Gasteiger partial charge is 0.354 e. The Labute approximate surface area is 129 Å². The zero-order chi connectivity index (χ0) is 14.1. The van der Waals surface area contributed by atoms with Crippen LogP contribution >= 0.6 is 23.4 Å². The maximum Gasteiger partial charge on any atom is 0.129 e. The Kier molecular flexibility index (Phi) is 4.08. The van der Waals surface area contributed by atoms with Gasteiger partial charge in [-0.3, -0.25) is 0 Å². The SMILES string of the molecule is CC1CN(c2cc(CCl)c3ccccc3n2)CC(C)S1. The highest BCUT2D eigenvalue weighted by Gasteiger charge is 2.23. The molecule has 1 aliphatic rings. The van der Waals surface area contributed by atoms with E-state index in [1.165, 1.54) is 10.9 Å². The van der Waals surface area contributed by atoms with E-state index in [0.717, 1.165) is 24.4 Å². The molecule has 1 saturated heterocycles. The molecule has 2 unspecified atom stereocenters. The molecule has 20 heavy (non-hydrogen) atoms. The van der Waals surface area contributed by atoms with Crippen molar-refractivity contribution in [2.75, 3.05) is 18.0 Å². The highest BCUT2D eigenvalue weighted by molar-refractivity contribution is 8.00. The third-order valence-electron chi connectivity index (χ3n) is 3.68. The fraction of sp³-hybridized carbons (Fsp3) is 0.438. The molecule has 2 atom stereocenters. The van der Waals surface area contributed by atoms with Crippen LogP contribution in [-0.2, 0) is 5.88 Å². The third kappa shape index (κ3) is 2.75. The average Bonchev–Trinajstić information content (AvgIpc) is 2.45. The zero-order valence-corrected chi connectivity index (χ0v) is 13.4. The molecule has 3 rings (SSSR count). The van der Waals surface area contributed by atoms with E-state index >= 15 is 0 Å². The van der Waals surface area contributed by atoms with Crippen LogP contribution in [0.25, 0.3) is 10.9 Å². The fourth-order valence-corrected chi connectivity index (χ4v) is 4.42. The maximum absolute atomic E-state index is 6.12. The van der Waals surface area contributed by atoms with Crippen molar-refractivity contribution in [3.05, 3.63) is 35.9 Å². The van der Waals surface area contributed by atoms with Crippen LogP contribution in [0.3, 0.4) is 0 Å². The molecule has 106 valence electrons. The summed E-state index contributed by atoms with van der Waals surface area (Å²) >= 11 is 8.18. The van der Waals surface area contributed by atoms with Gasteiger partial charge in [0, 0.05) is 34.9 Å². The van der Waals surface area contributed by atoms with Gasteiger partial charge in [0.15, 0.2) is 0 Å². The third-order valence-corrected chi connectivity index (χ3v) is 5.19. The summed E-state index contributed by atoms with van der Waals surface area (Å²) in [7, 11) is 0. The summed E-state index contributed by atoms with van der Waals surface area (Å²) in [5.41, 5.74) is 2.21. The molecule has 0 radical (unpaired) electrons. The number of halogens is 1. The van der Waals surface area contributed by atoms with Crippen molar-refractivity contribution in [2.45, 2.75) is 30.2 Å². The summed E-state index contributed by atoms with van der Waals surface area (Å²) in [4.78, 5) is 7.23. The minimum atomic E-state index is 0.531. The quantitative estimate of drug-likeness (QED) is 0.769. The number of para-hydroxylation sites is 1. The summed E-state index contributed by atoms with van der Waals surface area (Å²) in [5, 5.41) is 2.46. The summed E-state index contributed by atoms with van der Waals surface area (Å²) in [6, 6.07) is 10.4. The van der Waals surface area contributed by atoms with Gasteiger partial charge in [0.05, 0.1) is 5.52 Å². The first kappa shape index (κ1) is 14.0. The average molecular weight is 307 g/mol. The normalized spacial score (nSPS) is 23.2. The first-order valence-corrected chi connectivity index (χ1v) is 8.50. The van der Waals surface area contributed by atoms with Gasteiger partial charge in [0.25, 0.3) is 0 Å². The van der Waals surface area contributed by atoms with Crippen molar-refractivity contribution in [1.29, 1.82) is 0 Å². The van der Waals surface area contributed by atoms with E-state index in [0.29, 0.717) is 16.4 Å². The highest BCUT2D eigenvalue weighted by atomic mass is 35.5. The topological polar surface area (TPSA) is 16.1 Å². The van der Waals surface area contributed by atoms with Crippen molar-refractivity contribution in [1.82, 2.24) is 4.98 Å². The number of alkyl halides is 1. The lowest BCUT2D eigenvalue weighted by Crippen LogP contribution is -2.40. The van der Waals surface area contributed by atoms with Gasteiger partial charge in [-0.1, -0.05) is 32.0 Å². The second kappa shape index (κ2) is 5.82. The van der Waals surface area contributed by atoms with Crippen molar-refractivity contribution < 1.29 is 0 Å². The number of hydrogen-bond donors (Lipinski definition) is 0. The van der Waals surface area contributed by atoms with Gasteiger partial charge in [-0.05, 0) is 17.7 Å². The second-order valence-electron chi connectivity index (χ2n) is 5.45. The lowest BCUT2D eigenvalue weighted by Gasteiger charge is -2.35. The Hall–Kier alpha value is -0.930. The fourth-order valence-electron chi connectivity index (χ4n) is 2.87. The van der Waals surface area contributed by atoms with Crippen LogP contribution in [-0.4, -0.2) is 28.6 Å². The predicted octanol–water partition coefficient (Wildman–Crippen LogP) is 4.30. The molecule has 0 bridgehead atoms. The van der Waals surface area contributed by atoms with E-state index in [1.807, 2.05) is 12.1 Å². The summed E-state index contributed by atoms with van der Waals surface area (Å²) in [6.45, 7) is 6.69. The number of nitrogens with zero attached hydrogens (tertiary/aromatic N) is 2. The predicted molar refractivity (Wildman–Crippen MR) is 90.0 cm³/mol. The van der Waals surface area contributed by atoms with Crippen LogP contribution in [0.2, 0.25) is 0 Å². The van der Waals surface area contributed by atoms with Gasteiger partial charge >= 0.3 is 0 Å². The zero-order valence-electron chi connectivity index (χ0n) is 11.8. The number of benzene rings is 1. The second-order valence-corrected chi connectivity index (χ2v) is 7.60. The molecule has 4 heteroatoms. The number of fused-ring (bicyclic) bond motifs is 1. The molecule has 0 N–H and O–H groups in total. The standard InChI is InChI=1S/C16H19ClN2S/c1-11-9-19(10-12(2)20-11)16-7-13(8-17)14-5-3-4-6-15(14)18-16/h3-7,11-12H,8-10H2,1-2H3. The van der Waals surface area contributed by atoms with Gasteiger partial charge in [-0.25, -0.2) is 4.98 Å². The van der Waals surface area contributed by atoms with Crippen molar-refractivity contribution >= 4 is 40.1 Å². The Morgan fingerprint density at radius 3 is 2.65 bits per heavy atom. The number of thioether (sulfide) groups is 1. The summed E-state index contributed by atoms with van der Waals surface area (Å²) < 4.78 is 0. The molecule has 0 spiro atoms. The van der Waals surface area contributed by atoms with Crippen molar-refractivity contribution in [2.24, 2.45) is 0 Å². The molecule has 0 amide bonds. The van der Waals surface area contributed by atoms with Crippen molar-refractivity contribution in [3.63, 3.8) is 0 Å². The van der Waals surface area contributed by atoms with E-state index in [9.17, 15) is 0 Å². The monoisotopic (exact) mass is 306 g/mol. The number of aromatic nitrogens is 1. The summed E-state index contributed by atoms with van der Waals surface area (Å²) in [5.74, 6) is 1.60. The highest BCUT2D eigenvalue weighted by Crippen LogP contribution is 2.30. The molecule has 2 nitrogen and oxygen atoms in total. The molecule has 2 aromatic rings. The van der Waals surface area contributed by atoms with Gasteiger partial charge in [-0.2, -0.15) is 11.8 Å². The number of rotatable bonds is 2. The van der Waals surface area contributed by atoms with Crippen LogP contribution in [0.15, 0.2) is 30.3 Å². The number of hydrogen-bond acceptors (Lipinski definition) is 3. The lowest BCUT2D eigenvalue weighted by molar-refractivity contribution is 0.719. The molecular formula is C16H19ClN2S. The van der Waals surface area contributed by atoms with E-state index < -0.39 is 0 Å². The first-order valence-electron chi connectivity index (χ1n) is 7.02. The molecule has 0 saturated carbocycles. The van der Waals surface area contributed by atoms with E-state index in [4.69, 9.17) is 16.6 Å². The van der Waals surface area contributed by atoms with Crippen LogP contribution in [0.1, 0.15) is 19.4 Å². The van der Waals surface area contributed by atoms with Crippen LogP contribution in [0.5, 0.6) is 0 Å². The van der Waals surface area contributed by atoms with Gasteiger partial charge in [0.2, 0.25) is 0 Å². The molecule has 1 aromatic heterocycles. The Balaban J connectivity index is 2.03. The molecule has 1 fully saturated rings. The molecule has 1 aromatic carbocycles. The van der Waals surface area contributed by atoms with Crippen LogP contribution in [0.4, 0.5) is 5.82 Å².